The van der Waals surface area contributed by atoms with E-state index >= 15 is 0 Å². The molecule has 208 valence electrons. The molecule has 3 nitrogen and oxygen atoms in total. The molecule has 0 aromatic heterocycles. The van der Waals surface area contributed by atoms with Crippen molar-refractivity contribution in [3.63, 3.8) is 0 Å². The van der Waals surface area contributed by atoms with Crippen LogP contribution in [0.4, 0.5) is 0 Å². The zero-order valence-corrected chi connectivity index (χ0v) is 24.2. The maximum atomic E-state index is 12.9. The molecule has 0 radical (unpaired) electrons. The van der Waals surface area contributed by atoms with E-state index in [1.807, 2.05) is 26.0 Å². The molecule has 0 spiro atoms. The molecule has 0 N–H and O–H groups in total. The van der Waals surface area contributed by atoms with Gasteiger partial charge in [-0.05, 0) is 61.0 Å². The van der Waals surface area contributed by atoms with Gasteiger partial charge in [-0.15, -0.1) is 0 Å². The van der Waals surface area contributed by atoms with Gasteiger partial charge in [-0.1, -0.05) is 127 Å². The Morgan fingerprint density at radius 2 is 1.18 bits per heavy atom. The van der Waals surface area contributed by atoms with E-state index in [1.165, 1.54) is 87.8 Å². The minimum Gasteiger partial charge on any atom is -0.478 e. The standard InChI is InChI=1S/C35H50O3/c1-4-5-6-7-8-9-10-11-12-13-14-15-16-17-24-34(35(36)37-28(2)3)38-33-25-20-23-31-26-29-21-18-19-22-30(29)27-32(31)33/h18-23,25-28,34H,4-17,24H2,1-3H3. The summed E-state index contributed by atoms with van der Waals surface area (Å²) >= 11 is 0. The van der Waals surface area contributed by atoms with Gasteiger partial charge in [-0.3, -0.25) is 0 Å². The zero-order chi connectivity index (χ0) is 27.0. The molecule has 1 unspecified atom stereocenters. The van der Waals surface area contributed by atoms with Crippen LogP contribution in [-0.2, 0) is 9.53 Å². The minimum atomic E-state index is -0.577. The van der Waals surface area contributed by atoms with Crippen molar-refractivity contribution in [1.82, 2.24) is 0 Å². The average Bonchev–Trinajstić information content (AvgIpc) is 2.91. The second kappa shape index (κ2) is 17.1. The summed E-state index contributed by atoms with van der Waals surface area (Å²) in [7, 11) is 0. The highest BCUT2D eigenvalue weighted by molar-refractivity contribution is 6.01. The van der Waals surface area contributed by atoms with Crippen LogP contribution in [0.1, 0.15) is 117 Å². The lowest BCUT2D eigenvalue weighted by Gasteiger charge is -2.20. The SMILES string of the molecule is CCCCCCCCCCCCCCCCC(Oc1cccc2cc3ccccc3cc12)C(=O)OC(C)C. The molecule has 0 aliphatic heterocycles. The molecule has 0 aliphatic carbocycles. The monoisotopic (exact) mass is 518 g/mol. The third-order valence-corrected chi connectivity index (χ3v) is 7.41. The summed E-state index contributed by atoms with van der Waals surface area (Å²) in [6.07, 6.45) is 18.4. The van der Waals surface area contributed by atoms with E-state index < -0.39 is 6.10 Å². The first-order valence-corrected chi connectivity index (χ1v) is 15.4. The smallest absolute Gasteiger partial charge is 0.347 e. The molecule has 0 bridgehead atoms. The molecule has 0 amide bonds. The Hall–Kier alpha value is -2.55. The molecular weight excluding hydrogens is 468 g/mol. The first-order valence-electron chi connectivity index (χ1n) is 15.4. The number of unbranched alkanes of at least 4 members (excludes halogenated alkanes) is 13. The lowest BCUT2D eigenvalue weighted by Crippen LogP contribution is -2.31. The van der Waals surface area contributed by atoms with Crippen molar-refractivity contribution < 1.29 is 14.3 Å². The van der Waals surface area contributed by atoms with Crippen molar-refractivity contribution in [2.24, 2.45) is 0 Å². The lowest BCUT2D eigenvalue weighted by molar-refractivity contribution is -0.156. The van der Waals surface area contributed by atoms with Gasteiger partial charge in [0.1, 0.15) is 5.75 Å². The Balaban J connectivity index is 1.44. The molecule has 0 aliphatic rings. The molecule has 3 heteroatoms. The molecular formula is C35H50O3. The third-order valence-electron chi connectivity index (χ3n) is 7.41. The largest absolute Gasteiger partial charge is 0.478 e. The van der Waals surface area contributed by atoms with Gasteiger partial charge in [-0.2, -0.15) is 0 Å². The van der Waals surface area contributed by atoms with Gasteiger partial charge in [0.15, 0.2) is 6.10 Å². The van der Waals surface area contributed by atoms with Crippen LogP contribution in [-0.4, -0.2) is 18.2 Å². The van der Waals surface area contributed by atoms with Gasteiger partial charge >= 0.3 is 5.97 Å². The van der Waals surface area contributed by atoms with Crippen LogP contribution < -0.4 is 4.74 Å². The topological polar surface area (TPSA) is 35.5 Å². The number of benzene rings is 3. The average molecular weight is 519 g/mol. The minimum absolute atomic E-state index is 0.151. The number of hydrogen-bond donors (Lipinski definition) is 0. The van der Waals surface area contributed by atoms with E-state index in [1.54, 1.807) is 0 Å². The highest BCUT2D eigenvalue weighted by Crippen LogP contribution is 2.31. The molecule has 0 heterocycles. The number of carbonyl (C=O) groups is 1. The van der Waals surface area contributed by atoms with Crippen molar-refractivity contribution in [2.75, 3.05) is 0 Å². The lowest BCUT2D eigenvalue weighted by atomic mass is 10.0. The molecule has 3 rings (SSSR count). The number of esters is 1. The fraction of sp³-hybridized carbons (Fsp3) is 0.571. The number of rotatable bonds is 19. The maximum absolute atomic E-state index is 12.9. The third kappa shape index (κ3) is 10.3. The summed E-state index contributed by atoms with van der Waals surface area (Å²) < 4.78 is 12.0. The zero-order valence-electron chi connectivity index (χ0n) is 24.2. The summed E-state index contributed by atoms with van der Waals surface area (Å²) in [6, 6.07) is 18.8. The first kappa shape index (κ1) is 30.0. The van der Waals surface area contributed by atoms with Crippen LogP contribution >= 0.6 is 0 Å². The van der Waals surface area contributed by atoms with E-state index in [9.17, 15) is 4.79 Å². The van der Waals surface area contributed by atoms with Crippen molar-refractivity contribution in [3.8, 4) is 5.75 Å². The Morgan fingerprint density at radius 1 is 0.658 bits per heavy atom. The van der Waals surface area contributed by atoms with Crippen LogP contribution in [0.3, 0.4) is 0 Å². The molecule has 0 saturated heterocycles. The normalized spacial score (nSPS) is 12.3. The summed E-state index contributed by atoms with van der Waals surface area (Å²) in [5, 5.41) is 4.53. The fourth-order valence-electron chi connectivity index (χ4n) is 5.25. The van der Waals surface area contributed by atoms with Crippen molar-refractivity contribution in [1.29, 1.82) is 0 Å². The molecule has 3 aromatic rings. The van der Waals surface area contributed by atoms with E-state index in [0.717, 1.165) is 29.4 Å². The highest BCUT2D eigenvalue weighted by Gasteiger charge is 2.23. The second-order valence-electron chi connectivity index (χ2n) is 11.2. The second-order valence-corrected chi connectivity index (χ2v) is 11.2. The summed E-state index contributed by atoms with van der Waals surface area (Å²) in [5.41, 5.74) is 0. The fourth-order valence-corrected chi connectivity index (χ4v) is 5.25. The number of ether oxygens (including phenoxy) is 2. The number of fused-ring (bicyclic) bond motifs is 2. The van der Waals surface area contributed by atoms with Crippen LogP contribution in [0.5, 0.6) is 5.75 Å². The number of carbonyl (C=O) groups excluding carboxylic acids is 1. The van der Waals surface area contributed by atoms with E-state index in [4.69, 9.17) is 9.47 Å². The Kier molecular flexibility index (Phi) is 13.5. The van der Waals surface area contributed by atoms with E-state index in [-0.39, 0.29) is 12.1 Å². The molecule has 38 heavy (non-hydrogen) atoms. The van der Waals surface area contributed by atoms with Crippen molar-refractivity contribution in [3.05, 3.63) is 54.6 Å². The predicted molar refractivity (Wildman–Crippen MR) is 162 cm³/mol. The van der Waals surface area contributed by atoms with Crippen molar-refractivity contribution >= 4 is 27.5 Å². The van der Waals surface area contributed by atoms with Gasteiger partial charge in [0.2, 0.25) is 0 Å². The van der Waals surface area contributed by atoms with Crippen LogP contribution in [0.25, 0.3) is 21.5 Å². The van der Waals surface area contributed by atoms with Crippen LogP contribution in [0, 0.1) is 0 Å². The van der Waals surface area contributed by atoms with Gasteiger partial charge in [0.05, 0.1) is 6.10 Å². The summed E-state index contributed by atoms with van der Waals surface area (Å²) in [5.74, 6) is 0.497. The van der Waals surface area contributed by atoms with E-state index in [2.05, 4.69) is 49.4 Å². The van der Waals surface area contributed by atoms with Gasteiger partial charge in [0, 0.05) is 5.39 Å². The van der Waals surface area contributed by atoms with E-state index in [0.29, 0.717) is 6.42 Å². The van der Waals surface area contributed by atoms with Crippen LogP contribution in [0.15, 0.2) is 54.6 Å². The van der Waals surface area contributed by atoms with Gasteiger partial charge in [-0.25, -0.2) is 4.79 Å². The maximum Gasteiger partial charge on any atom is 0.347 e. The summed E-state index contributed by atoms with van der Waals surface area (Å²) in [6.45, 7) is 6.07. The van der Waals surface area contributed by atoms with Crippen molar-refractivity contribution in [2.45, 2.75) is 129 Å². The van der Waals surface area contributed by atoms with Gasteiger partial charge in [0.25, 0.3) is 0 Å². The molecule has 3 aromatic carbocycles. The quantitative estimate of drug-likeness (QED) is 0.0899. The molecule has 1 atom stereocenters. The first-order chi connectivity index (χ1) is 18.6. The Morgan fingerprint density at radius 3 is 1.76 bits per heavy atom. The van der Waals surface area contributed by atoms with Gasteiger partial charge < -0.3 is 9.47 Å². The highest BCUT2D eigenvalue weighted by atomic mass is 16.6. The molecule has 0 fully saturated rings. The van der Waals surface area contributed by atoms with Crippen LogP contribution in [0.2, 0.25) is 0 Å². The Bertz CT molecular complexity index is 1090. The summed E-state index contributed by atoms with van der Waals surface area (Å²) in [4.78, 5) is 12.9. The Labute approximate surface area is 231 Å². The predicted octanol–water partition coefficient (Wildman–Crippen LogP) is 10.6. The molecule has 0 saturated carbocycles. The number of hydrogen-bond acceptors (Lipinski definition) is 3.